The molecule has 0 amide bonds. The van der Waals surface area contributed by atoms with Gasteiger partial charge >= 0.3 is 0 Å². The molecule has 1 heterocycles. The molecule has 1 aromatic carbocycles. The normalized spacial score (nSPS) is 13.2. The predicted octanol–water partition coefficient (Wildman–Crippen LogP) is 4.40. The molecule has 17 heavy (non-hydrogen) atoms. The molecule has 0 saturated carbocycles. The zero-order valence-corrected chi connectivity index (χ0v) is 11.5. The van der Waals surface area contributed by atoms with Crippen LogP contribution in [0.3, 0.4) is 0 Å². The molecule has 1 aromatic heterocycles. The minimum absolute atomic E-state index is 0.144. The average molecular weight is 300 g/mol. The molecule has 1 unspecified atom stereocenters. The SMILES string of the molecule is CCCC(NC)c1cc2cc(Br)cc(F)c2o1. The fourth-order valence-corrected chi connectivity index (χ4v) is 2.43. The third-order valence-corrected chi connectivity index (χ3v) is 3.28. The van der Waals surface area contributed by atoms with Crippen LogP contribution in [0.1, 0.15) is 31.6 Å². The number of rotatable bonds is 4. The number of fused-ring (bicyclic) bond motifs is 1. The Balaban J connectivity index is 2.46. The quantitative estimate of drug-likeness (QED) is 0.905. The second-order valence-corrected chi connectivity index (χ2v) is 5.00. The van der Waals surface area contributed by atoms with Crippen LogP contribution in [0.15, 0.2) is 27.1 Å². The number of hydrogen-bond donors (Lipinski definition) is 1. The Bertz CT molecular complexity index is 523. The van der Waals surface area contributed by atoms with Gasteiger partial charge in [0.05, 0.1) is 6.04 Å². The minimum atomic E-state index is -0.327. The molecule has 0 saturated heterocycles. The van der Waals surface area contributed by atoms with Crippen molar-refractivity contribution in [2.45, 2.75) is 25.8 Å². The summed E-state index contributed by atoms with van der Waals surface area (Å²) in [5.74, 6) is 0.466. The molecule has 4 heteroatoms. The van der Waals surface area contributed by atoms with Gasteiger partial charge in [0.25, 0.3) is 0 Å². The molecule has 0 aliphatic carbocycles. The van der Waals surface area contributed by atoms with Crippen LogP contribution in [0, 0.1) is 5.82 Å². The highest BCUT2D eigenvalue weighted by Crippen LogP contribution is 2.30. The Morgan fingerprint density at radius 1 is 1.41 bits per heavy atom. The first-order valence-electron chi connectivity index (χ1n) is 5.71. The van der Waals surface area contributed by atoms with Crippen molar-refractivity contribution in [2.75, 3.05) is 7.05 Å². The molecule has 92 valence electrons. The van der Waals surface area contributed by atoms with E-state index in [1.807, 2.05) is 19.2 Å². The summed E-state index contributed by atoms with van der Waals surface area (Å²) in [6.45, 7) is 2.12. The first-order valence-corrected chi connectivity index (χ1v) is 6.50. The summed E-state index contributed by atoms with van der Waals surface area (Å²) in [6.07, 6.45) is 2.02. The number of benzene rings is 1. The van der Waals surface area contributed by atoms with Gasteiger partial charge in [0.15, 0.2) is 11.4 Å². The lowest BCUT2D eigenvalue weighted by Gasteiger charge is -2.11. The van der Waals surface area contributed by atoms with Gasteiger partial charge in [-0.05, 0) is 31.7 Å². The molecule has 2 rings (SSSR count). The fourth-order valence-electron chi connectivity index (χ4n) is 1.98. The van der Waals surface area contributed by atoms with Crippen molar-refractivity contribution in [1.29, 1.82) is 0 Å². The Morgan fingerprint density at radius 2 is 2.18 bits per heavy atom. The van der Waals surface area contributed by atoms with Gasteiger partial charge in [0.1, 0.15) is 5.76 Å². The van der Waals surface area contributed by atoms with Crippen LogP contribution in [-0.4, -0.2) is 7.05 Å². The number of hydrogen-bond acceptors (Lipinski definition) is 2. The molecule has 1 atom stereocenters. The Labute approximate surface area is 108 Å². The molecule has 2 aromatic rings. The second kappa shape index (κ2) is 5.19. The highest BCUT2D eigenvalue weighted by atomic mass is 79.9. The summed E-state index contributed by atoms with van der Waals surface area (Å²) in [7, 11) is 1.89. The highest BCUT2D eigenvalue weighted by molar-refractivity contribution is 9.10. The molecular weight excluding hydrogens is 285 g/mol. The van der Waals surface area contributed by atoms with Crippen LogP contribution in [0.5, 0.6) is 0 Å². The van der Waals surface area contributed by atoms with Gasteiger partial charge in [0, 0.05) is 9.86 Å². The lowest BCUT2D eigenvalue weighted by molar-refractivity contribution is 0.423. The van der Waals surface area contributed by atoms with Crippen molar-refractivity contribution in [3.63, 3.8) is 0 Å². The van der Waals surface area contributed by atoms with Crippen molar-refractivity contribution >= 4 is 26.9 Å². The molecule has 0 fully saturated rings. The van der Waals surface area contributed by atoms with Crippen LogP contribution in [-0.2, 0) is 0 Å². The average Bonchev–Trinajstić information content (AvgIpc) is 2.69. The summed E-state index contributed by atoms with van der Waals surface area (Å²) in [4.78, 5) is 0. The van der Waals surface area contributed by atoms with E-state index in [4.69, 9.17) is 4.42 Å². The van der Waals surface area contributed by atoms with Gasteiger partial charge in [-0.15, -0.1) is 0 Å². The van der Waals surface area contributed by atoms with Crippen LogP contribution in [0.2, 0.25) is 0 Å². The third kappa shape index (κ3) is 2.53. The van der Waals surface area contributed by atoms with E-state index in [9.17, 15) is 4.39 Å². The van der Waals surface area contributed by atoms with E-state index in [2.05, 4.69) is 28.2 Å². The Hall–Kier alpha value is -0.870. The molecular formula is C13H15BrFNO. The smallest absolute Gasteiger partial charge is 0.170 e. The van der Waals surface area contributed by atoms with Crippen LogP contribution >= 0.6 is 15.9 Å². The van der Waals surface area contributed by atoms with Crippen LogP contribution < -0.4 is 5.32 Å². The molecule has 0 aliphatic rings. The van der Waals surface area contributed by atoms with Gasteiger partial charge in [-0.3, -0.25) is 0 Å². The number of furan rings is 1. The van der Waals surface area contributed by atoms with Gasteiger partial charge < -0.3 is 9.73 Å². The van der Waals surface area contributed by atoms with E-state index in [0.29, 0.717) is 5.58 Å². The van der Waals surface area contributed by atoms with E-state index >= 15 is 0 Å². The molecule has 0 spiro atoms. The van der Waals surface area contributed by atoms with Crippen LogP contribution in [0.4, 0.5) is 4.39 Å². The molecule has 1 N–H and O–H groups in total. The van der Waals surface area contributed by atoms with Crippen LogP contribution in [0.25, 0.3) is 11.0 Å². The Kier molecular flexibility index (Phi) is 3.84. The van der Waals surface area contributed by atoms with E-state index in [-0.39, 0.29) is 11.9 Å². The van der Waals surface area contributed by atoms with Gasteiger partial charge in [0.2, 0.25) is 0 Å². The zero-order chi connectivity index (χ0) is 12.4. The molecule has 2 nitrogen and oxygen atoms in total. The molecule has 0 bridgehead atoms. The van der Waals surface area contributed by atoms with Crippen molar-refractivity contribution < 1.29 is 8.81 Å². The second-order valence-electron chi connectivity index (χ2n) is 4.08. The van der Waals surface area contributed by atoms with Gasteiger partial charge in [-0.25, -0.2) is 4.39 Å². The maximum atomic E-state index is 13.7. The first kappa shape index (κ1) is 12.6. The largest absolute Gasteiger partial charge is 0.456 e. The molecule has 0 aliphatic heterocycles. The predicted molar refractivity (Wildman–Crippen MR) is 70.6 cm³/mol. The maximum absolute atomic E-state index is 13.7. The first-order chi connectivity index (χ1) is 8.15. The van der Waals surface area contributed by atoms with Crippen molar-refractivity contribution in [1.82, 2.24) is 5.32 Å². The van der Waals surface area contributed by atoms with Gasteiger partial charge in [-0.1, -0.05) is 29.3 Å². The van der Waals surface area contributed by atoms with Crippen molar-refractivity contribution in [2.24, 2.45) is 0 Å². The topological polar surface area (TPSA) is 25.2 Å². The van der Waals surface area contributed by atoms with E-state index in [1.54, 1.807) is 0 Å². The lowest BCUT2D eigenvalue weighted by atomic mass is 10.1. The summed E-state index contributed by atoms with van der Waals surface area (Å²) in [5.41, 5.74) is 0.333. The summed E-state index contributed by atoms with van der Waals surface area (Å²) >= 11 is 3.28. The van der Waals surface area contributed by atoms with Crippen molar-refractivity contribution in [3.8, 4) is 0 Å². The Morgan fingerprint density at radius 3 is 2.82 bits per heavy atom. The fraction of sp³-hybridized carbons (Fsp3) is 0.385. The summed E-state index contributed by atoms with van der Waals surface area (Å²) < 4.78 is 20.0. The molecule has 0 radical (unpaired) electrons. The standard InChI is InChI=1S/C13H15BrFNO/c1-3-4-11(16-2)12-6-8-5-9(14)7-10(15)13(8)17-12/h5-7,11,16H,3-4H2,1-2H3. The zero-order valence-electron chi connectivity index (χ0n) is 9.89. The van der Waals surface area contributed by atoms with Crippen molar-refractivity contribution in [3.05, 3.63) is 34.2 Å². The number of halogens is 2. The summed E-state index contributed by atoms with van der Waals surface area (Å²) in [6, 6.07) is 5.33. The van der Waals surface area contributed by atoms with E-state index < -0.39 is 0 Å². The maximum Gasteiger partial charge on any atom is 0.170 e. The lowest BCUT2D eigenvalue weighted by Crippen LogP contribution is -2.15. The van der Waals surface area contributed by atoms with E-state index in [1.165, 1.54) is 6.07 Å². The monoisotopic (exact) mass is 299 g/mol. The van der Waals surface area contributed by atoms with Gasteiger partial charge in [-0.2, -0.15) is 0 Å². The summed E-state index contributed by atoms with van der Waals surface area (Å²) in [5, 5.41) is 3.98. The highest BCUT2D eigenvalue weighted by Gasteiger charge is 2.16. The third-order valence-electron chi connectivity index (χ3n) is 2.82. The number of nitrogens with one attached hydrogen (secondary N) is 1. The van der Waals surface area contributed by atoms with E-state index in [0.717, 1.165) is 28.5 Å². The minimum Gasteiger partial charge on any atom is -0.456 e.